The Kier molecular flexibility index (Phi) is 4.01. The summed E-state index contributed by atoms with van der Waals surface area (Å²) < 4.78 is 18.7. The molecule has 26 heavy (non-hydrogen) atoms. The maximum absolute atomic E-state index is 13.5. The van der Waals surface area contributed by atoms with Gasteiger partial charge in [0.1, 0.15) is 5.82 Å². The summed E-state index contributed by atoms with van der Waals surface area (Å²) in [7, 11) is 1.70. The molecule has 0 fully saturated rings. The minimum Gasteiger partial charge on any atom is -0.368 e. The van der Waals surface area contributed by atoms with Crippen LogP contribution >= 0.6 is 11.3 Å². The number of nitrogen functional groups attached to an aromatic ring is 1. The normalized spacial score (nSPS) is 10.8. The Hall–Kier alpha value is -3.40. The maximum atomic E-state index is 13.5. The summed E-state index contributed by atoms with van der Waals surface area (Å²) in [5.74, 6) is 0.597. The maximum Gasteiger partial charge on any atom is 0.268 e. The lowest BCUT2D eigenvalue weighted by Crippen LogP contribution is -2.15. The number of thiophene rings is 1. The van der Waals surface area contributed by atoms with E-state index in [1.165, 1.54) is 23.5 Å². The highest BCUT2D eigenvalue weighted by atomic mass is 32.1. The minimum atomic E-state index is -0.365. The summed E-state index contributed by atoms with van der Waals surface area (Å²) >= 11 is 1.48. The SMILES string of the molecule is CN(c1cccc(F)c1)c1nc(N)nc(-c2noc(-c3cccs3)n2)n1. The Morgan fingerprint density at radius 3 is 2.73 bits per heavy atom. The van der Waals surface area contributed by atoms with Crippen LogP contribution in [0, 0.1) is 5.82 Å². The molecule has 3 aromatic heterocycles. The number of nitrogens with two attached hydrogens (primary N) is 1. The van der Waals surface area contributed by atoms with Crippen LogP contribution in [-0.4, -0.2) is 32.1 Å². The van der Waals surface area contributed by atoms with Crippen LogP contribution in [0.3, 0.4) is 0 Å². The van der Waals surface area contributed by atoms with Gasteiger partial charge in [-0.2, -0.15) is 19.9 Å². The van der Waals surface area contributed by atoms with Crippen molar-refractivity contribution in [2.75, 3.05) is 17.7 Å². The van der Waals surface area contributed by atoms with Gasteiger partial charge in [-0.1, -0.05) is 17.3 Å². The first-order chi connectivity index (χ1) is 12.6. The number of rotatable bonds is 4. The predicted octanol–water partition coefficient (Wildman–Crippen LogP) is 3.14. The van der Waals surface area contributed by atoms with Crippen LogP contribution in [0.5, 0.6) is 0 Å². The average molecular weight is 369 g/mol. The third-order valence-corrected chi connectivity index (χ3v) is 4.35. The topological polar surface area (TPSA) is 107 Å². The molecule has 0 aliphatic heterocycles. The van der Waals surface area contributed by atoms with E-state index in [0.717, 1.165) is 4.88 Å². The Labute approximate surface area is 151 Å². The first kappa shape index (κ1) is 16.1. The molecule has 0 saturated carbocycles. The monoisotopic (exact) mass is 369 g/mol. The molecule has 3 heterocycles. The van der Waals surface area contributed by atoms with Gasteiger partial charge in [0.25, 0.3) is 5.89 Å². The summed E-state index contributed by atoms with van der Waals surface area (Å²) in [5, 5.41) is 5.81. The molecule has 130 valence electrons. The molecule has 10 heteroatoms. The van der Waals surface area contributed by atoms with Gasteiger partial charge in [0.15, 0.2) is 0 Å². The molecule has 2 N–H and O–H groups in total. The molecule has 4 rings (SSSR count). The van der Waals surface area contributed by atoms with Crippen LogP contribution in [0.2, 0.25) is 0 Å². The van der Waals surface area contributed by atoms with Crippen molar-refractivity contribution < 1.29 is 8.91 Å². The molecule has 0 radical (unpaired) electrons. The molecular weight excluding hydrogens is 357 g/mol. The third kappa shape index (κ3) is 3.09. The average Bonchev–Trinajstić information content (AvgIpc) is 3.32. The third-order valence-electron chi connectivity index (χ3n) is 3.49. The molecule has 0 amide bonds. The van der Waals surface area contributed by atoms with Crippen LogP contribution in [0.15, 0.2) is 46.3 Å². The van der Waals surface area contributed by atoms with Crippen molar-refractivity contribution in [3.8, 4) is 22.4 Å². The molecule has 0 spiro atoms. The summed E-state index contributed by atoms with van der Waals surface area (Å²) in [6.45, 7) is 0. The summed E-state index contributed by atoms with van der Waals surface area (Å²) in [6.07, 6.45) is 0. The summed E-state index contributed by atoms with van der Waals surface area (Å²) in [4.78, 5) is 19.2. The molecule has 0 bridgehead atoms. The zero-order valence-corrected chi connectivity index (χ0v) is 14.3. The van der Waals surface area contributed by atoms with Gasteiger partial charge in [0, 0.05) is 12.7 Å². The first-order valence-corrected chi connectivity index (χ1v) is 8.37. The number of hydrogen-bond donors (Lipinski definition) is 1. The largest absolute Gasteiger partial charge is 0.368 e. The van der Waals surface area contributed by atoms with Gasteiger partial charge < -0.3 is 15.2 Å². The van der Waals surface area contributed by atoms with Gasteiger partial charge in [-0.3, -0.25) is 0 Å². The van der Waals surface area contributed by atoms with Gasteiger partial charge in [-0.05, 0) is 29.6 Å². The standard InChI is InChI=1S/C16H12FN7OS/c1-24(10-5-2-4-9(17)8-10)16-21-12(20-15(18)22-16)13-19-14(25-23-13)11-6-3-7-26-11/h2-8H,1H3,(H2,18,20,21,22). The van der Waals surface area contributed by atoms with E-state index in [2.05, 4.69) is 25.1 Å². The van der Waals surface area contributed by atoms with E-state index in [-0.39, 0.29) is 29.4 Å². The zero-order chi connectivity index (χ0) is 18.1. The first-order valence-electron chi connectivity index (χ1n) is 7.49. The van der Waals surface area contributed by atoms with Gasteiger partial charge >= 0.3 is 0 Å². The molecule has 0 atom stereocenters. The van der Waals surface area contributed by atoms with Crippen molar-refractivity contribution in [2.45, 2.75) is 0 Å². The lowest BCUT2D eigenvalue weighted by Gasteiger charge is -2.17. The van der Waals surface area contributed by atoms with Crippen molar-refractivity contribution >= 4 is 28.9 Å². The van der Waals surface area contributed by atoms with Gasteiger partial charge in [-0.25, -0.2) is 4.39 Å². The number of anilines is 3. The Balaban J connectivity index is 1.70. The number of aromatic nitrogens is 5. The van der Waals surface area contributed by atoms with Crippen molar-refractivity contribution in [2.24, 2.45) is 0 Å². The van der Waals surface area contributed by atoms with Crippen molar-refractivity contribution in [1.82, 2.24) is 25.1 Å². The minimum absolute atomic E-state index is 0.00396. The fourth-order valence-corrected chi connectivity index (χ4v) is 2.89. The second-order valence-corrected chi connectivity index (χ2v) is 6.20. The van der Waals surface area contributed by atoms with E-state index in [0.29, 0.717) is 11.6 Å². The molecule has 8 nitrogen and oxygen atoms in total. The van der Waals surface area contributed by atoms with Crippen molar-refractivity contribution in [3.05, 3.63) is 47.6 Å². The van der Waals surface area contributed by atoms with Crippen molar-refractivity contribution in [1.29, 1.82) is 0 Å². The fourth-order valence-electron chi connectivity index (χ4n) is 2.25. The Bertz CT molecular complexity index is 1050. The zero-order valence-electron chi connectivity index (χ0n) is 13.5. The second-order valence-electron chi connectivity index (χ2n) is 5.26. The van der Waals surface area contributed by atoms with Crippen LogP contribution in [-0.2, 0) is 0 Å². The quantitative estimate of drug-likeness (QED) is 0.585. The molecule has 0 saturated heterocycles. The molecule has 0 aliphatic carbocycles. The lowest BCUT2D eigenvalue weighted by molar-refractivity contribution is 0.433. The van der Waals surface area contributed by atoms with E-state index in [1.54, 1.807) is 24.1 Å². The van der Waals surface area contributed by atoms with E-state index in [4.69, 9.17) is 10.3 Å². The van der Waals surface area contributed by atoms with Crippen LogP contribution in [0.4, 0.5) is 22.0 Å². The fraction of sp³-hybridized carbons (Fsp3) is 0.0625. The smallest absolute Gasteiger partial charge is 0.268 e. The molecule has 0 unspecified atom stereocenters. The number of halogens is 1. The number of hydrogen-bond acceptors (Lipinski definition) is 9. The van der Waals surface area contributed by atoms with Crippen LogP contribution in [0.25, 0.3) is 22.4 Å². The lowest BCUT2D eigenvalue weighted by atomic mass is 10.3. The summed E-state index contributed by atoms with van der Waals surface area (Å²) in [5.41, 5.74) is 6.36. The highest BCUT2D eigenvalue weighted by Crippen LogP contribution is 2.26. The van der Waals surface area contributed by atoms with Gasteiger partial charge in [0.2, 0.25) is 23.5 Å². The van der Waals surface area contributed by atoms with E-state index in [1.807, 2.05) is 17.5 Å². The van der Waals surface area contributed by atoms with Crippen molar-refractivity contribution in [3.63, 3.8) is 0 Å². The highest BCUT2D eigenvalue weighted by molar-refractivity contribution is 7.13. The molecule has 0 aliphatic rings. The number of benzene rings is 1. The van der Waals surface area contributed by atoms with E-state index >= 15 is 0 Å². The predicted molar refractivity (Wildman–Crippen MR) is 95.3 cm³/mol. The Morgan fingerprint density at radius 1 is 1.08 bits per heavy atom. The van der Waals surface area contributed by atoms with Crippen LogP contribution in [0.1, 0.15) is 0 Å². The molecule has 1 aromatic carbocycles. The number of nitrogens with zero attached hydrogens (tertiary/aromatic N) is 6. The highest BCUT2D eigenvalue weighted by Gasteiger charge is 2.17. The second kappa shape index (κ2) is 6.48. The summed E-state index contributed by atoms with van der Waals surface area (Å²) in [6, 6.07) is 9.80. The van der Waals surface area contributed by atoms with E-state index in [9.17, 15) is 4.39 Å². The van der Waals surface area contributed by atoms with Gasteiger partial charge in [0.05, 0.1) is 4.88 Å². The van der Waals surface area contributed by atoms with Crippen LogP contribution < -0.4 is 10.6 Å². The molecule has 4 aromatic rings. The van der Waals surface area contributed by atoms with E-state index < -0.39 is 0 Å². The Morgan fingerprint density at radius 2 is 1.96 bits per heavy atom. The van der Waals surface area contributed by atoms with Gasteiger partial charge in [-0.15, -0.1) is 11.3 Å². The molecular formula is C16H12FN7OS.